The van der Waals surface area contributed by atoms with E-state index in [-0.39, 0.29) is 42.3 Å². The molecule has 1 atom stereocenters. The Morgan fingerprint density at radius 2 is 2.02 bits per heavy atom. The summed E-state index contributed by atoms with van der Waals surface area (Å²) < 4.78 is 63.6. The van der Waals surface area contributed by atoms with Crippen molar-refractivity contribution < 1.29 is 31.2 Å². The molecule has 1 aliphatic carbocycles. The molecule has 0 bridgehead atoms. The standard InChI is InChI=1S/C27H24F3N7O4S/c1-42(40,41)14-22(38)33-24-23-20(35-37(24)21-5-2-15(10-31)11-32-21)9-26(34-25(23)39)7-6-16-8-18(3-4-19(16)26)36-12-17(13-36)27(28,29)30/h2-5,8,11,17H,6-7,9,12-14H2,1H3,(H,33,38)(H,34,39)/t26-/m0/s1. The molecule has 0 unspecified atom stereocenters. The monoisotopic (exact) mass is 599 g/mol. The third-order valence-corrected chi connectivity index (χ3v) is 8.67. The Hall–Kier alpha value is -4.45. The Kier molecular flexibility index (Phi) is 6.30. The van der Waals surface area contributed by atoms with Crippen LogP contribution in [0.1, 0.15) is 39.2 Å². The summed E-state index contributed by atoms with van der Waals surface area (Å²) in [7, 11) is -3.67. The number of anilines is 2. The molecule has 4 heterocycles. The molecule has 1 saturated heterocycles. The van der Waals surface area contributed by atoms with Crippen molar-refractivity contribution in [3.05, 3.63) is 64.5 Å². The summed E-state index contributed by atoms with van der Waals surface area (Å²) in [5, 5.41) is 19.3. The first-order valence-corrected chi connectivity index (χ1v) is 15.1. The Bertz CT molecular complexity index is 1770. The van der Waals surface area contributed by atoms with Gasteiger partial charge in [-0.1, -0.05) is 6.07 Å². The number of nitriles is 1. The number of aryl methyl sites for hydroxylation is 1. The molecule has 1 spiro atoms. The van der Waals surface area contributed by atoms with E-state index < -0.39 is 45.0 Å². The average Bonchev–Trinajstić information content (AvgIpc) is 3.39. The lowest BCUT2D eigenvalue weighted by Gasteiger charge is -2.42. The summed E-state index contributed by atoms with van der Waals surface area (Å²) in [5.41, 5.74) is 2.33. The van der Waals surface area contributed by atoms with Crippen LogP contribution in [0.2, 0.25) is 0 Å². The lowest BCUT2D eigenvalue weighted by molar-refractivity contribution is -0.180. The lowest BCUT2D eigenvalue weighted by Crippen LogP contribution is -2.53. The number of hydrogen-bond donors (Lipinski definition) is 2. The summed E-state index contributed by atoms with van der Waals surface area (Å²) in [4.78, 5) is 32.1. The van der Waals surface area contributed by atoms with E-state index in [2.05, 4.69) is 20.7 Å². The molecule has 2 N–H and O–H groups in total. The number of sulfone groups is 1. The zero-order valence-electron chi connectivity index (χ0n) is 22.2. The second-order valence-electron chi connectivity index (χ2n) is 10.9. The molecule has 0 radical (unpaired) electrons. The van der Waals surface area contributed by atoms with Gasteiger partial charge in [0, 0.05) is 37.7 Å². The van der Waals surface area contributed by atoms with Gasteiger partial charge in [-0.3, -0.25) is 9.59 Å². The fourth-order valence-corrected chi connectivity index (χ4v) is 6.39. The number of nitrogens with zero attached hydrogens (tertiary/aromatic N) is 5. The number of halogens is 3. The highest BCUT2D eigenvalue weighted by atomic mass is 32.2. The second kappa shape index (κ2) is 9.55. The number of hydrogen-bond acceptors (Lipinski definition) is 8. The molecule has 15 heteroatoms. The molecule has 6 rings (SSSR count). The maximum Gasteiger partial charge on any atom is 0.395 e. The van der Waals surface area contributed by atoms with E-state index in [0.29, 0.717) is 24.2 Å². The number of rotatable bonds is 5. The lowest BCUT2D eigenvalue weighted by atomic mass is 9.82. The van der Waals surface area contributed by atoms with Crippen molar-refractivity contribution in [1.82, 2.24) is 20.1 Å². The highest BCUT2D eigenvalue weighted by Gasteiger charge is 2.49. The van der Waals surface area contributed by atoms with Crippen molar-refractivity contribution in [2.24, 2.45) is 5.92 Å². The summed E-state index contributed by atoms with van der Waals surface area (Å²) in [6.07, 6.45) is -0.637. The third kappa shape index (κ3) is 4.85. The molecule has 1 fully saturated rings. The van der Waals surface area contributed by atoms with Gasteiger partial charge >= 0.3 is 6.18 Å². The predicted octanol–water partition coefficient (Wildman–Crippen LogP) is 2.25. The molecule has 3 aromatic rings. The highest BCUT2D eigenvalue weighted by molar-refractivity contribution is 7.91. The Morgan fingerprint density at radius 1 is 1.26 bits per heavy atom. The minimum Gasteiger partial charge on any atom is -0.370 e. The molecule has 3 aliphatic rings. The van der Waals surface area contributed by atoms with E-state index in [0.717, 1.165) is 17.4 Å². The van der Waals surface area contributed by atoms with Crippen LogP contribution in [-0.4, -0.2) is 66.3 Å². The maximum atomic E-state index is 13.6. The van der Waals surface area contributed by atoms with Crippen LogP contribution >= 0.6 is 0 Å². The molecule has 42 heavy (non-hydrogen) atoms. The van der Waals surface area contributed by atoms with Crippen LogP contribution in [0.15, 0.2) is 36.5 Å². The van der Waals surface area contributed by atoms with Crippen molar-refractivity contribution in [2.75, 3.05) is 35.3 Å². The molecular weight excluding hydrogens is 575 g/mol. The van der Waals surface area contributed by atoms with Gasteiger partial charge in [0.25, 0.3) is 5.91 Å². The fourth-order valence-electron chi connectivity index (χ4n) is 5.84. The quantitative estimate of drug-likeness (QED) is 0.454. The number of alkyl halides is 3. The van der Waals surface area contributed by atoms with E-state index in [1.54, 1.807) is 11.0 Å². The largest absolute Gasteiger partial charge is 0.395 e. The van der Waals surface area contributed by atoms with Crippen LogP contribution in [0.4, 0.5) is 24.7 Å². The molecule has 218 valence electrons. The normalized spacial score (nSPS) is 20.0. The molecule has 2 aliphatic heterocycles. The number of carbonyl (C=O) groups excluding carboxylic acids is 2. The van der Waals surface area contributed by atoms with E-state index >= 15 is 0 Å². The van der Waals surface area contributed by atoms with E-state index in [4.69, 9.17) is 5.26 Å². The minimum absolute atomic E-state index is 0.0474. The van der Waals surface area contributed by atoms with Gasteiger partial charge in [-0.15, -0.1) is 0 Å². The number of pyridine rings is 1. The summed E-state index contributed by atoms with van der Waals surface area (Å²) in [5.74, 6) is -3.40. The van der Waals surface area contributed by atoms with E-state index in [1.165, 1.54) is 23.0 Å². The van der Waals surface area contributed by atoms with Crippen molar-refractivity contribution >= 4 is 33.2 Å². The van der Waals surface area contributed by atoms with Crippen LogP contribution in [-0.2, 0) is 33.0 Å². The smallest absolute Gasteiger partial charge is 0.370 e. The summed E-state index contributed by atoms with van der Waals surface area (Å²) >= 11 is 0. The van der Waals surface area contributed by atoms with Crippen LogP contribution in [0.25, 0.3) is 5.82 Å². The summed E-state index contributed by atoms with van der Waals surface area (Å²) in [6.45, 7) is -0.190. The number of fused-ring (bicyclic) bond motifs is 3. The topological polar surface area (TPSA) is 150 Å². The molecule has 2 amide bonds. The molecule has 2 aromatic heterocycles. The highest BCUT2D eigenvalue weighted by Crippen LogP contribution is 2.45. The Labute approximate surface area is 238 Å². The van der Waals surface area contributed by atoms with E-state index in [1.807, 2.05) is 18.2 Å². The zero-order valence-corrected chi connectivity index (χ0v) is 23.0. The Morgan fingerprint density at radius 3 is 2.67 bits per heavy atom. The van der Waals surface area contributed by atoms with Gasteiger partial charge in [-0.05, 0) is 48.2 Å². The number of benzene rings is 1. The number of carbonyl (C=O) groups is 2. The van der Waals surface area contributed by atoms with Gasteiger partial charge in [0.2, 0.25) is 5.91 Å². The Balaban J connectivity index is 1.34. The van der Waals surface area contributed by atoms with Crippen molar-refractivity contribution in [2.45, 2.75) is 31.0 Å². The SMILES string of the molecule is CS(=O)(=O)CC(=O)Nc1c2c(nn1-c1ccc(C#N)cn1)C[C@]1(CCc3cc(N4CC(C(F)(F)F)C4)ccc31)NC2=O. The molecule has 11 nitrogen and oxygen atoms in total. The number of amides is 2. The van der Waals surface area contributed by atoms with Crippen LogP contribution in [0, 0.1) is 17.2 Å². The first-order valence-electron chi connectivity index (χ1n) is 13.0. The first-order chi connectivity index (χ1) is 19.8. The van der Waals surface area contributed by atoms with Gasteiger partial charge in [-0.2, -0.15) is 28.2 Å². The molecule has 0 saturated carbocycles. The van der Waals surface area contributed by atoms with Gasteiger partial charge in [-0.25, -0.2) is 13.4 Å². The van der Waals surface area contributed by atoms with Crippen molar-refractivity contribution in [1.29, 1.82) is 5.26 Å². The number of aromatic nitrogens is 3. The minimum atomic E-state index is -4.22. The van der Waals surface area contributed by atoms with Crippen LogP contribution < -0.4 is 15.5 Å². The van der Waals surface area contributed by atoms with E-state index in [9.17, 15) is 31.2 Å². The van der Waals surface area contributed by atoms with Crippen LogP contribution in [0.3, 0.4) is 0 Å². The van der Waals surface area contributed by atoms with Gasteiger partial charge < -0.3 is 15.5 Å². The predicted molar refractivity (Wildman–Crippen MR) is 144 cm³/mol. The van der Waals surface area contributed by atoms with Crippen LogP contribution in [0.5, 0.6) is 0 Å². The maximum absolute atomic E-state index is 13.6. The fraction of sp³-hybridized carbons (Fsp3) is 0.370. The van der Waals surface area contributed by atoms with Gasteiger partial charge in [0.15, 0.2) is 21.5 Å². The number of nitrogens with one attached hydrogen (secondary N) is 2. The van der Waals surface area contributed by atoms with Gasteiger partial charge in [0.05, 0.1) is 22.7 Å². The molecule has 1 aromatic carbocycles. The van der Waals surface area contributed by atoms with Gasteiger partial charge in [0.1, 0.15) is 17.4 Å². The third-order valence-electron chi connectivity index (χ3n) is 7.89. The van der Waals surface area contributed by atoms with Crippen molar-refractivity contribution in [3.8, 4) is 11.9 Å². The first kappa shape index (κ1) is 27.7. The second-order valence-corrected chi connectivity index (χ2v) is 13.1. The average molecular weight is 600 g/mol. The molecular formula is C27H24F3N7O4S. The summed E-state index contributed by atoms with van der Waals surface area (Å²) in [6, 6.07) is 10.4. The zero-order chi connectivity index (χ0) is 30.0. The van der Waals surface area contributed by atoms with Crippen molar-refractivity contribution in [3.63, 3.8) is 0 Å².